The maximum atomic E-state index is 13.1. The molecule has 2 aromatic rings. The van der Waals surface area contributed by atoms with Gasteiger partial charge in [-0.15, -0.1) is 0 Å². The minimum atomic E-state index is -1.20. The second-order valence-corrected chi connectivity index (χ2v) is 9.36. The van der Waals surface area contributed by atoms with Gasteiger partial charge in [-0.3, -0.25) is 19.4 Å². The predicted molar refractivity (Wildman–Crippen MR) is 129 cm³/mol. The summed E-state index contributed by atoms with van der Waals surface area (Å²) in [7, 11) is 0. The normalized spacial score (nSPS) is 21.1. The highest BCUT2D eigenvalue weighted by molar-refractivity contribution is 6.10. The van der Waals surface area contributed by atoms with Crippen molar-refractivity contribution in [2.24, 2.45) is 0 Å². The molecule has 0 spiro atoms. The molecule has 2 aliphatic heterocycles. The van der Waals surface area contributed by atoms with Crippen LogP contribution in [0, 0.1) is 0 Å². The van der Waals surface area contributed by atoms with E-state index >= 15 is 0 Å². The Morgan fingerprint density at radius 3 is 2.32 bits per heavy atom. The first-order valence-electron chi connectivity index (χ1n) is 11.7. The monoisotopic (exact) mass is 464 g/mol. The van der Waals surface area contributed by atoms with Gasteiger partial charge in [-0.05, 0) is 41.7 Å². The molecule has 2 heterocycles. The van der Waals surface area contributed by atoms with Crippen LogP contribution in [-0.4, -0.2) is 60.5 Å². The zero-order chi connectivity index (χ0) is 24.3. The minimum absolute atomic E-state index is 0.347. The molecule has 0 aromatic heterocycles. The number of nitrogens with zero attached hydrogens (tertiary/aromatic N) is 2. The Morgan fingerprint density at radius 1 is 1.06 bits per heavy atom. The number of morpholine rings is 1. The zero-order valence-electron chi connectivity index (χ0n) is 20.0. The smallest absolute Gasteiger partial charge is 0.325 e. The third kappa shape index (κ3) is 5.13. The number of anilines is 1. The summed E-state index contributed by atoms with van der Waals surface area (Å²) in [5.74, 6) is -0.501. The summed E-state index contributed by atoms with van der Waals surface area (Å²) < 4.78 is 5.38. The van der Waals surface area contributed by atoms with E-state index in [9.17, 15) is 14.4 Å². The first kappa shape index (κ1) is 23.9. The van der Waals surface area contributed by atoms with Crippen LogP contribution < -0.4 is 10.6 Å². The first-order chi connectivity index (χ1) is 16.3. The molecule has 1 unspecified atom stereocenters. The van der Waals surface area contributed by atoms with Gasteiger partial charge in [0.05, 0.1) is 13.2 Å². The lowest BCUT2D eigenvalue weighted by atomic mass is 9.90. The maximum Gasteiger partial charge on any atom is 0.325 e. The minimum Gasteiger partial charge on any atom is -0.379 e. The Hall–Kier alpha value is -3.23. The van der Waals surface area contributed by atoms with Gasteiger partial charge in [0.15, 0.2) is 0 Å². The Balaban J connectivity index is 1.36. The summed E-state index contributed by atoms with van der Waals surface area (Å²) in [5, 5.41) is 5.54. The average Bonchev–Trinajstić information content (AvgIpc) is 3.05. The van der Waals surface area contributed by atoms with Crippen molar-refractivity contribution in [1.82, 2.24) is 15.1 Å². The lowest BCUT2D eigenvalue weighted by molar-refractivity contribution is -0.133. The molecule has 0 saturated carbocycles. The fourth-order valence-electron chi connectivity index (χ4n) is 4.29. The van der Waals surface area contributed by atoms with E-state index < -0.39 is 23.4 Å². The number of ether oxygens (including phenoxy) is 1. The third-order valence-corrected chi connectivity index (χ3v) is 6.48. The Labute approximate surface area is 200 Å². The zero-order valence-corrected chi connectivity index (χ0v) is 20.0. The topological polar surface area (TPSA) is 91.0 Å². The van der Waals surface area contributed by atoms with E-state index in [0.29, 0.717) is 17.2 Å². The van der Waals surface area contributed by atoms with E-state index in [1.807, 2.05) is 48.5 Å². The van der Waals surface area contributed by atoms with E-state index in [0.717, 1.165) is 48.9 Å². The fraction of sp³-hybridized carbons (Fsp3) is 0.423. The first-order valence-corrected chi connectivity index (χ1v) is 11.7. The van der Waals surface area contributed by atoms with Crippen molar-refractivity contribution >= 4 is 23.5 Å². The molecule has 2 N–H and O–H groups in total. The van der Waals surface area contributed by atoms with Crippen LogP contribution in [-0.2, 0) is 26.4 Å². The summed E-state index contributed by atoms with van der Waals surface area (Å²) >= 11 is 0. The number of amides is 4. The van der Waals surface area contributed by atoms with Gasteiger partial charge in [0, 0.05) is 25.3 Å². The molecule has 4 amide bonds. The summed E-state index contributed by atoms with van der Waals surface area (Å²) in [6.07, 6.45) is 0. The predicted octanol–water partition coefficient (Wildman–Crippen LogP) is 3.05. The largest absolute Gasteiger partial charge is 0.379 e. The average molecular weight is 465 g/mol. The highest BCUT2D eigenvalue weighted by atomic mass is 16.5. The Morgan fingerprint density at radius 2 is 1.71 bits per heavy atom. The molecule has 0 aliphatic carbocycles. The quantitative estimate of drug-likeness (QED) is 0.615. The summed E-state index contributed by atoms with van der Waals surface area (Å²) in [6, 6.07) is 14.7. The van der Waals surface area contributed by atoms with Crippen molar-refractivity contribution in [2.45, 2.75) is 38.8 Å². The molecule has 2 aliphatic rings. The standard InChI is InChI=1S/C26H32N4O4/c1-18(2)20-6-8-21(9-7-20)26(3)24(32)30(25(33)28-26)17-23(31)27-22-10-4-19(5-11-22)16-29-12-14-34-15-13-29/h4-11,18H,12-17H2,1-3H3,(H,27,31)(H,28,33). The van der Waals surface area contributed by atoms with E-state index in [2.05, 4.69) is 29.4 Å². The maximum absolute atomic E-state index is 13.1. The van der Waals surface area contributed by atoms with Crippen molar-refractivity contribution in [3.05, 3.63) is 65.2 Å². The van der Waals surface area contributed by atoms with Crippen LogP contribution in [0.15, 0.2) is 48.5 Å². The number of imide groups is 1. The third-order valence-electron chi connectivity index (χ3n) is 6.48. The van der Waals surface area contributed by atoms with Crippen molar-refractivity contribution < 1.29 is 19.1 Å². The number of benzene rings is 2. The highest BCUT2D eigenvalue weighted by Crippen LogP contribution is 2.30. The number of carbonyl (C=O) groups excluding carboxylic acids is 3. The van der Waals surface area contributed by atoms with Gasteiger partial charge in [-0.1, -0.05) is 50.2 Å². The van der Waals surface area contributed by atoms with Crippen molar-refractivity contribution in [2.75, 3.05) is 38.2 Å². The molecule has 180 valence electrons. The summed E-state index contributed by atoms with van der Waals surface area (Å²) in [4.78, 5) is 41.6. The second kappa shape index (κ2) is 9.95. The Bertz CT molecular complexity index is 1050. The molecule has 34 heavy (non-hydrogen) atoms. The molecule has 0 bridgehead atoms. The van der Waals surface area contributed by atoms with E-state index in [1.54, 1.807) is 6.92 Å². The number of hydrogen-bond donors (Lipinski definition) is 2. The van der Waals surface area contributed by atoms with Crippen LogP contribution >= 0.6 is 0 Å². The molecule has 0 radical (unpaired) electrons. The molecule has 1 atom stereocenters. The summed E-state index contributed by atoms with van der Waals surface area (Å²) in [6.45, 7) is 9.66. The number of rotatable bonds is 7. The lowest BCUT2D eigenvalue weighted by Gasteiger charge is -2.26. The van der Waals surface area contributed by atoms with Crippen LogP contribution in [0.4, 0.5) is 10.5 Å². The second-order valence-electron chi connectivity index (χ2n) is 9.36. The van der Waals surface area contributed by atoms with Gasteiger partial charge in [-0.2, -0.15) is 0 Å². The number of carbonyl (C=O) groups is 3. The van der Waals surface area contributed by atoms with Crippen molar-refractivity contribution in [3.8, 4) is 0 Å². The van der Waals surface area contributed by atoms with Crippen LogP contribution in [0.25, 0.3) is 0 Å². The van der Waals surface area contributed by atoms with Crippen molar-refractivity contribution in [1.29, 1.82) is 0 Å². The Kier molecular flexibility index (Phi) is 7.00. The molecular formula is C26H32N4O4. The number of hydrogen-bond acceptors (Lipinski definition) is 5. The van der Waals surface area contributed by atoms with Crippen LogP contribution in [0.3, 0.4) is 0 Å². The molecule has 8 nitrogen and oxygen atoms in total. The van der Waals surface area contributed by atoms with Crippen LogP contribution in [0.1, 0.15) is 43.4 Å². The van der Waals surface area contributed by atoms with Gasteiger partial charge < -0.3 is 15.4 Å². The molecule has 2 fully saturated rings. The number of urea groups is 1. The van der Waals surface area contributed by atoms with Crippen LogP contribution in [0.5, 0.6) is 0 Å². The molecule has 4 rings (SSSR count). The van der Waals surface area contributed by atoms with Gasteiger partial charge in [-0.25, -0.2) is 4.79 Å². The number of nitrogens with one attached hydrogen (secondary N) is 2. The summed E-state index contributed by atoms with van der Waals surface area (Å²) in [5.41, 5.74) is 2.40. The van der Waals surface area contributed by atoms with Gasteiger partial charge in [0.1, 0.15) is 12.1 Å². The molecule has 2 aromatic carbocycles. The van der Waals surface area contributed by atoms with Crippen molar-refractivity contribution in [3.63, 3.8) is 0 Å². The van der Waals surface area contributed by atoms with Gasteiger partial charge in [0.25, 0.3) is 5.91 Å². The van der Waals surface area contributed by atoms with Crippen LogP contribution in [0.2, 0.25) is 0 Å². The van der Waals surface area contributed by atoms with E-state index in [4.69, 9.17) is 4.74 Å². The van der Waals surface area contributed by atoms with Gasteiger partial charge >= 0.3 is 6.03 Å². The lowest BCUT2D eigenvalue weighted by Crippen LogP contribution is -2.42. The van der Waals surface area contributed by atoms with E-state index in [1.165, 1.54) is 0 Å². The van der Waals surface area contributed by atoms with E-state index in [-0.39, 0.29) is 6.54 Å². The molecular weight excluding hydrogens is 432 g/mol. The molecule has 2 saturated heterocycles. The van der Waals surface area contributed by atoms with Gasteiger partial charge in [0.2, 0.25) is 5.91 Å². The molecule has 8 heteroatoms. The highest BCUT2D eigenvalue weighted by Gasteiger charge is 2.49. The fourth-order valence-corrected chi connectivity index (χ4v) is 4.29. The SMILES string of the molecule is CC(C)c1ccc(C2(C)NC(=O)N(CC(=O)Nc3ccc(CN4CCOCC4)cc3)C2=O)cc1.